The molecule has 0 N–H and O–H groups in total. The Morgan fingerprint density at radius 2 is 1.13 bits per heavy atom. The normalized spacial score (nSPS) is 13.8. The number of ether oxygens (including phenoxy) is 2. The van der Waals surface area contributed by atoms with Crippen molar-refractivity contribution in [3.05, 3.63) is 192 Å². The highest BCUT2D eigenvalue weighted by molar-refractivity contribution is 6.09. The van der Waals surface area contributed by atoms with Crippen LogP contribution in [0, 0.1) is 11.3 Å². The number of rotatable bonds is 2. The predicted molar refractivity (Wildman–Crippen MR) is 213 cm³/mol. The Kier molecular flexibility index (Phi) is 5.92. The maximum Gasteiger partial charge on any atom is 0.153 e. The van der Waals surface area contributed by atoms with E-state index < -0.39 is 5.41 Å². The molecule has 0 radical (unpaired) electrons. The third-order valence-corrected chi connectivity index (χ3v) is 11.4. The van der Waals surface area contributed by atoms with Gasteiger partial charge in [-0.1, -0.05) is 66.7 Å². The molecule has 1 aliphatic carbocycles. The zero-order valence-electron chi connectivity index (χ0n) is 29.1. The monoisotopic (exact) mass is 705 g/mol. The van der Waals surface area contributed by atoms with Gasteiger partial charge in [-0.2, -0.15) is 5.26 Å². The lowest BCUT2D eigenvalue weighted by Gasteiger charge is -2.40. The smallest absolute Gasteiger partial charge is 0.153 e. The third-order valence-electron chi connectivity index (χ3n) is 11.4. The molecule has 0 unspecified atom stereocenters. The summed E-state index contributed by atoms with van der Waals surface area (Å²) >= 11 is 0. The van der Waals surface area contributed by atoms with Crippen LogP contribution in [0.15, 0.2) is 164 Å². The van der Waals surface area contributed by atoms with Gasteiger partial charge in [0.15, 0.2) is 11.5 Å². The molecule has 0 saturated carbocycles. The summed E-state index contributed by atoms with van der Waals surface area (Å²) in [5, 5.41) is 11.8. The summed E-state index contributed by atoms with van der Waals surface area (Å²) in [4.78, 5) is 12.0. The number of hydrogen-bond acceptors (Lipinski definition) is 6. The van der Waals surface area contributed by atoms with Gasteiger partial charge in [0, 0.05) is 46.4 Å². The molecule has 0 atom stereocenters. The number of para-hydroxylation sites is 4. The topological polar surface area (TPSA) is 76.2 Å². The Hall–Kier alpha value is -7.69. The first kappa shape index (κ1) is 29.8. The van der Waals surface area contributed by atoms with E-state index in [0.29, 0.717) is 5.56 Å². The first-order chi connectivity index (χ1) is 27.2. The lowest BCUT2D eigenvalue weighted by molar-refractivity contribution is 0.436. The Bertz CT molecular complexity index is 3110. The largest absolute Gasteiger partial charge is 0.457 e. The molecule has 12 rings (SSSR count). The van der Waals surface area contributed by atoms with E-state index in [9.17, 15) is 5.26 Å². The second-order valence-electron chi connectivity index (χ2n) is 14.1. The molecule has 3 aromatic heterocycles. The number of nitrogens with zero attached hydrogens (tertiary/aromatic N) is 5. The number of pyridine rings is 2. The van der Waals surface area contributed by atoms with Crippen LogP contribution in [0.5, 0.6) is 23.0 Å². The number of hydrogen-bond donors (Lipinski definition) is 0. The first-order valence-corrected chi connectivity index (χ1v) is 18.2. The molecule has 7 heteroatoms. The van der Waals surface area contributed by atoms with Crippen molar-refractivity contribution in [3.63, 3.8) is 0 Å². The molecule has 1 spiro atoms. The van der Waals surface area contributed by atoms with Crippen molar-refractivity contribution in [2.45, 2.75) is 5.41 Å². The number of nitriles is 1. The minimum absolute atomic E-state index is 0.634. The summed E-state index contributed by atoms with van der Waals surface area (Å²) in [6, 6.07) is 54.2. The van der Waals surface area contributed by atoms with Gasteiger partial charge in [0.2, 0.25) is 0 Å². The summed E-state index contributed by atoms with van der Waals surface area (Å²) in [5.74, 6) is 3.06. The van der Waals surface area contributed by atoms with E-state index in [1.54, 1.807) is 0 Å². The van der Waals surface area contributed by atoms with Crippen molar-refractivity contribution in [3.8, 4) is 46.1 Å². The summed E-state index contributed by atoms with van der Waals surface area (Å²) < 4.78 is 15.8. The van der Waals surface area contributed by atoms with E-state index >= 15 is 0 Å². The molecular formula is C48H27N5O2. The Morgan fingerprint density at radius 3 is 1.96 bits per heavy atom. The van der Waals surface area contributed by atoms with Crippen LogP contribution in [-0.2, 0) is 5.41 Å². The standard InChI is InChI=1S/C48H27N5O2/c49-28-29-17-21-39-33(25-29)32-9-1-3-13-38(32)52(39)31-19-22-41-45(27-31)55-43-16-6-4-14-40(43)53(41)30-18-20-35-44(26-30)54-42-15-5-2-10-34(42)48(35)36-11-7-23-50-46(36)47-37(48)12-8-24-51-47/h1-27H. The predicted octanol–water partition coefficient (Wildman–Crippen LogP) is 11.5. The fourth-order valence-corrected chi connectivity index (χ4v) is 9.18. The van der Waals surface area contributed by atoms with Gasteiger partial charge in [-0.05, 0) is 83.9 Å². The van der Waals surface area contributed by atoms with Gasteiger partial charge >= 0.3 is 0 Å². The fourth-order valence-electron chi connectivity index (χ4n) is 9.18. The Labute approximate surface area is 315 Å². The van der Waals surface area contributed by atoms with Gasteiger partial charge in [-0.3, -0.25) is 9.97 Å². The molecular weight excluding hydrogens is 679 g/mol. The van der Waals surface area contributed by atoms with E-state index in [0.717, 1.165) is 101 Å². The van der Waals surface area contributed by atoms with Crippen LogP contribution in [0.25, 0.3) is 38.9 Å². The molecule has 0 bridgehead atoms. The fraction of sp³-hybridized carbons (Fsp3) is 0.0208. The van der Waals surface area contributed by atoms with Crippen LogP contribution in [-0.4, -0.2) is 14.5 Å². The van der Waals surface area contributed by atoms with Crippen LogP contribution < -0.4 is 14.4 Å². The molecule has 6 aromatic carbocycles. The van der Waals surface area contributed by atoms with Gasteiger partial charge in [0.1, 0.15) is 11.5 Å². The quantitative estimate of drug-likeness (QED) is 0.178. The number of aromatic nitrogens is 3. The molecule has 0 fully saturated rings. The van der Waals surface area contributed by atoms with Crippen LogP contribution in [0.4, 0.5) is 17.1 Å². The summed E-state index contributed by atoms with van der Waals surface area (Å²) in [6.45, 7) is 0. The number of benzene rings is 6. The summed E-state index contributed by atoms with van der Waals surface area (Å²) in [6.07, 6.45) is 3.69. The molecule has 3 aliphatic rings. The maximum absolute atomic E-state index is 9.67. The van der Waals surface area contributed by atoms with Crippen molar-refractivity contribution < 1.29 is 9.47 Å². The van der Waals surface area contributed by atoms with Gasteiger partial charge in [0.05, 0.1) is 62.2 Å². The third kappa shape index (κ3) is 3.92. The molecule has 55 heavy (non-hydrogen) atoms. The van der Waals surface area contributed by atoms with Gasteiger partial charge < -0.3 is 18.9 Å². The minimum atomic E-state index is -0.651. The summed E-state index contributed by atoms with van der Waals surface area (Å²) in [7, 11) is 0. The highest BCUT2D eigenvalue weighted by Crippen LogP contribution is 2.62. The molecule has 256 valence electrons. The van der Waals surface area contributed by atoms with E-state index in [4.69, 9.17) is 19.4 Å². The van der Waals surface area contributed by atoms with Gasteiger partial charge in [0.25, 0.3) is 0 Å². The van der Waals surface area contributed by atoms with Gasteiger partial charge in [-0.15, -0.1) is 0 Å². The zero-order chi connectivity index (χ0) is 36.3. The number of fused-ring (bicyclic) bond motifs is 14. The summed E-state index contributed by atoms with van der Waals surface area (Å²) in [5.41, 5.74) is 11.9. The lowest BCUT2D eigenvalue weighted by Crippen LogP contribution is -2.32. The molecule has 0 amide bonds. The van der Waals surface area contributed by atoms with Crippen molar-refractivity contribution >= 4 is 38.9 Å². The highest BCUT2D eigenvalue weighted by atomic mass is 16.5. The average Bonchev–Trinajstić information content (AvgIpc) is 3.73. The SMILES string of the molecule is N#Cc1ccc2c(c1)c1ccccc1n2-c1ccc2c(c1)Oc1ccccc1N2c1ccc2c(c1)Oc1ccccc1C21c2cccnc2-c2ncccc21. The van der Waals surface area contributed by atoms with Crippen molar-refractivity contribution in [1.82, 2.24) is 14.5 Å². The molecule has 7 nitrogen and oxygen atoms in total. The van der Waals surface area contributed by atoms with Crippen molar-refractivity contribution in [2.75, 3.05) is 4.90 Å². The lowest BCUT2D eigenvalue weighted by atomic mass is 9.66. The van der Waals surface area contributed by atoms with Crippen LogP contribution in [0.2, 0.25) is 0 Å². The van der Waals surface area contributed by atoms with E-state index in [-0.39, 0.29) is 0 Å². The Morgan fingerprint density at radius 1 is 0.491 bits per heavy atom. The van der Waals surface area contributed by atoms with E-state index in [2.05, 4.69) is 94.4 Å². The maximum atomic E-state index is 9.67. The highest BCUT2D eigenvalue weighted by Gasteiger charge is 2.52. The van der Waals surface area contributed by atoms with E-state index in [1.165, 1.54) is 0 Å². The molecule has 2 aliphatic heterocycles. The second kappa shape index (κ2) is 10.9. The zero-order valence-corrected chi connectivity index (χ0v) is 29.1. The first-order valence-electron chi connectivity index (χ1n) is 18.2. The Balaban J connectivity index is 1.05. The van der Waals surface area contributed by atoms with Crippen LogP contribution in [0.1, 0.15) is 27.8 Å². The number of anilines is 3. The van der Waals surface area contributed by atoms with Crippen molar-refractivity contribution in [1.29, 1.82) is 5.26 Å². The minimum Gasteiger partial charge on any atom is -0.457 e. The van der Waals surface area contributed by atoms with E-state index in [1.807, 2.05) is 85.2 Å². The van der Waals surface area contributed by atoms with Crippen LogP contribution >= 0.6 is 0 Å². The van der Waals surface area contributed by atoms with Crippen molar-refractivity contribution in [2.24, 2.45) is 0 Å². The average molecular weight is 706 g/mol. The molecule has 9 aromatic rings. The van der Waals surface area contributed by atoms with Crippen LogP contribution in [0.3, 0.4) is 0 Å². The molecule has 0 saturated heterocycles. The van der Waals surface area contributed by atoms with Gasteiger partial charge in [-0.25, -0.2) is 0 Å². The molecule has 5 heterocycles. The second-order valence-corrected chi connectivity index (χ2v) is 14.1.